The lowest BCUT2D eigenvalue weighted by Crippen LogP contribution is -2.22. The molecule has 0 saturated carbocycles. The maximum atomic E-state index is 12.2. The number of alkyl halides is 3. The Labute approximate surface area is 99.0 Å². The van der Waals surface area contributed by atoms with Crippen LogP contribution in [0.2, 0.25) is 0 Å². The van der Waals surface area contributed by atoms with Crippen LogP contribution >= 0.6 is 0 Å². The van der Waals surface area contributed by atoms with E-state index in [1.165, 1.54) is 6.92 Å². The van der Waals surface area contributed by atoms with Gasteiger partial charge >= 0.3 is 18.1 Å². The predicted octanol–water partition coefficient (Wildman–Crippen LogP) is 1.32. The summed E-state index contributed by atoms with van der Waals surface area (Å²) in [5.41, 5.74) is -1.20. The van der Waals surface area contributed by atoms with Gasteiger partial charge in [0.2, 0.25) is 0 Å². The van der Waals surface area contributed by atoms with Gasteiger partial charge in [0.25, 0.3) is 0 Å². The Hall–Kier alpha value is -2.06. The first-order valence-electron chi connectivity index (χ1n) is 4.79. The van der Waals surface area contributed by atoms with Crippen LogP contribution in [0, 0.1) is 0 Å². The summed E-state index contributed by atoms with van der Waals surface area (Å²) in [6, 6.07) is 0.742. The van der Waals surface area contributed by atoms with Crippen molar-refractivity contribution < 1.29 is 32.6 Å². The Balaban J connectivity index is 3.09. The third-order valence-electron chi connectivity index (χ3n) is 1.81. The molecule has 100 valence electrons. The van der Waals surface area contributed by atoms with E-state index < -0.39 is 36.0 Å². The number of nitrogens with zero attached hydrogens (tertiary/aromatic N) is 2. The van der Waals surface area contributed by atoms with Crippen molar-refractivity contribution in [3.63, 3.8) is 0 Å². The molecule has 0 aliphatic heterocycles. The second-order valence-corrected chi connectivity index (χ2v) is 3.21. The summed E-state index contributed by atoms with van der Waals surface area (Å²) in [6.45, 7) is -0.0792. The fourth-order valence-electron chi connectivity index (χ4n) is 1.18. The number of esters is 1. The van der Waals surface area contributed by atoms with E-state index in [1.54, 1.807) is 0 Å². The quantitative estimate of drug-likeness (QED) is 0.831. The predicted molar refractivity (Wildman–Crippen MR) is 51.2 cm³/mol. The lowest BCUT2D eigenvalue weighted by Gasteiger charge is -2.07. The molecule has 1 N–H and O–H groups in total. The van der Waals surface area contributed by atoms with Crippen molar-refractivity contribution in [3.8, 4) is 0 Å². The lowest BCUT2D eigenvalue weighted by molar-refractivity contribution is -0.142. The standard InChI is InChI=1S/C9H9F3N2O4/c1-2-18-8(17)5-3-6(7(15)16)14(13-5)4-9(10,11)12/h3H,2,4H2,1H3,(H,15,16). The number of carboxylic acids is 1. The maximum Gasteiger partial charge on any atom is 0.408 e. The van der Waals surface area contributed by atoms with Crippen LogP contribution in [0.15, 0.2) is 6.07 Å². The highest BCUT2D eigenvalue weighted by Crippen LogP contribution is 2.19. The van der Waals surface area contributed by atoms with E-state index in [0.29, 0.717) is 0 Å². The van der Waals surface area contributed by atoms with Gasteiger partial charge in [-0.3, -0.25) is 0 Å². The highest BCUT2D eigenvalue weighted by atomic mass is 19.4. The molecule has 1 aromatic heterocycles. The van der Waals surface area contributed by atoms with Crippen LogP contribution in [0.25, 0.3) is 0 Å². The molecule has 0 aliphatic carbocycles. The van der Waals surface area contributed by atoms with E-state index >= 15 is 0 Å². The van der Waals surface area contributed by atoms with Crippen molar-refractivity contribution in [2.75, 3.05) is 6.61 Å². The Kier molecular flexibility index (Phi) is 3.94. The number of carboxylic acid groups (broad SMARTS) is 1. The number of ether oxygens (including phenoxy) is 1. The molecular weight excluding hydrogens is 257 g/mol. The average Bonchev–Trinajstić information content (AvgIpc) is 2.59. The summed E-state index contributed by atoms with van der Waals surface area (Å²) in [5, 5.41) is 12.0. The van der Waals surface area contributed by atoms with Gasteiger partial charge in [0.05, 0.1) is 6.61 Å². The molecule has 18 heavy (non-hydrogen) atoms. The minimum absolute atomic E-state index is 0.00731. The van der Waals surface area contributed by atoms with Gasteiger partial charge in [-0.25, -0.2) is 14.3 Å². The molecule has 0 bridgehead atoms. The molecule has 6 nitrogen and oxygen atoms in total. The minimum atomic E-state index is -4.64. The van der Waals surface area contributed by atoms with Gasteiger partial charge < -0.3 is 9.84 Å². The Bertz CT molecular complexity index is 467. The summed E-state index contributed by atoms with van der Waals surface area (Å²) >= 11 is 0. The summed E-state index contributed by atoms with van der Waals surface area (Å²) in [4.78, 5) is 21.9. The average molecular weight is 266 g/mol. The molecule has 1 heterocycles. The van der Waals surface area contributed by atoms with Crippen LogP contribution in [0.1, 0.15) is 27.9 Å². The van der Waals surface area contributed by atoms with E-state index in [1.807, 2.05) is 0 Å². The van der Waals surface area contributed by atoms with Gasteiger partial charge in [0, 0.05) is 6.07 Å². The molecule has 0 spiro atoms. The second kappa shape index (κ2) is 5.07. The van der Waals surface area contributed by atoms with Gasteiger partial charge in [0.1, 0.15) is 12.2 Å². The van der Waals surface area contributed by atoms with Crippen LogP contribution in [0.4, 0.5) is 13.2 Å². The van der Waals surface area contributed by atoms with E-state index in [2.05, 4.69) is 9.84 Å². The van der Waals surface area contributed by atoms with E-state index in [0.717, 1.165) is 6.07 Å². The number of halogens is 3. The zero-order chi connectivity index (χ0) is 13.9. The largest absolute Gasteiger partial charge is 0.477 e. The Morgan fingerprint density at radius 3 is 2.56 bits per heavy atom. The molecule has 0 aliphatic rings. The summed E-state index contributed by atoms with van der Waals surface area (Å²) in [5.74, 6) is -2.58. The molecule has 0 amide bonds. The SMILES string of the molecule is CCOC(=O)c1cc(C(=O)O)n(CC(F)(F)F)n1. The minimum Gasteiger partial charge on any atom is -0.477 e. The fraction of sp³-hybridized carbons (Fsp3) is 0.444. The van der Waals surface area contributed by atoms with Crippen molar-refractivity contribution in [2.24, 2.45) is 0 Å². The van der Waals surface area contributed by atoms with Crippen molar-refractivity contribution in [1.29, 1.82) is 0 Å². The summed E-state index contributed by atoms with van der Waals surface area (Å²) in [7, 11) is 0. The fourth-order valence-corrected chi connectivity index (χ4v) is 1.18. The van der Waals surface area contributed by atoms with Crippen LogP contribution in [0.5, 0.6) is 0 Å². The molecule has 0 atom stereocenters. The molecule has 0 aromatic carbocycles. The number of carbonyl (C=O) groups is 2. The van der Waals surface area contributed by atoms with Crippen molar-refractivity contribution in [1.82, 2.24) is 9.78 Å². The molecule has 0 saturated heterocycles. The van der Waals surface area contributed by atoms with Crippen LogP contribution in [-0.2, 0) is 11.3 Å². The van der Waals surface area contributed by atoms with Crippen molar-refractivity contribution >= 4 is 11.9 Å². The molecule has 0 unspecified atom stereocenters. The molecule has 0 radical (unpaired) electrons. The van der Waals surface area contributed by atoms with Gasteiger partial charge in [-0.1, -0.05) is 0 Å². The first-order chi connectivity index (χ1) is 8.24. The number of rotatable bonds is 4. The molecule has 1 rings (SSSR count). The third kappa shape index (κ3) is 3.47. The Morgan fingerprint density at radius 2 is 2.11 bits per heavy atom. The van der Waals surface area contributed by atoms with Crippen molar-refractivity contribution in [2.45, 2.75) is 19.6 Å². The van der Waals surface area contributed by atoms with Crippen LogP contribution < -0.4 is 0 Å². The lowest BCUT2D eigenvalue weighted by atomic mass is 10.3. The van der Waals surface area contributed by atoms with E-state index in [-0.39, 0.29) is 11.3 Å². The van der Waals surface area contributed by atoms with E-state index in [9.17, 15) is 22.8 Å². The maximum absolute atomic E-state index is 12.2. The smallest absolute Gasteiger partial charge is 0.408 e. The highest BCUT2D eigenvalue weighted by Gasteiger charge is 2.31. The van der Waals surface area contributed by atoms with Crippen LogP contribution in [0.3, 0.4) is 0 Å². The number of aromatic carboxylic acids is 1. The topological polar surface area (TPSA) is 81.4 Å². The normalized spacial score (nSPS) is 11.3. The second-order valence-electron chi connectivity index (χ2n) is 3.21. The number of carbonyl (C=O) groups excluding carboxylic acids is 1. The van der Waals surface area contributed by atoms with Gasteiger partial charge in [-0.15, -0.1) is 0 Å². The summed E-state index contributed by atoms with van der Waals surface area (Å²) in [6.07, 6.45) is -4.64. The third-order valence-corrected chi connectivity index (χ3v) is 1.81. The van der Waals surface area contributed by atoms with Crippen LogP contribution in [-0.4, -0.2) is 39.6 Å². The van der Waals surface area contributed by atoms with E-state index in [4.69, 9.17) is 5.11 Å². The molecule has 0 fully saturated rings. The first kappa shape index (κ1) is 14.0. The first-order valence-corrected chi connectivity index (χ1v) is 4.79. The van der Waals surface area contributed by atoms with Crippen molar-refractivity contribution in [3.05, 3.63) is 17.5 Å². The zero-order valence-corrected chi connectivity index (χ0v) is 9.19. The molecular formula is C9H9F3N2O4. The number of hydrogen-bond acceptors (Lipinski definition) is 4. The number of aromatic nitrogens is 2. The monoisotopic (exact) mass is 266 g/mol. The zero-order valence-electron chi connectivity index (χ0n) is 9.19. The number of hydrogen-bond donors (Lipinski definition) is 1. The van der Waals surface area contributed by atoms with Gasteiger partial charge in [-0.05, 0) is 6.92 Å². The van der Waals surface area contributed by atoms with Gasteiger partial charge in [-0.2, -0.15) is 18.3 Å². The highest BCUT2D eigenvalue weighted by molar-refractivity contribution is 5.92. The molecule has 1 aromatic rings. The Morgan fingerprint density at radius 1 is 1.50 bits per heavy atom. The molecule has 9 heteroatoms. The summed E-state index contributed by atoms with van der Waals surface area (Å²) < 4.78 is 41.2. The van der Waals surface area contributed by atoms with Gasteiger partial charge in [0.15, 0.2) is 5.69 Å².